The summed E-state index contributed by atoms with van der Waals surface area (Å²) in [5, 5.41) is 6.44. The molecule has 0 bridgehead atoms. The summed E-state index contributed by atoms with van der Waals surface area (Å²) in [5.41, 5.74) is 9.33. The van der Waals surface area contributed by atoms with Crippen molar-refractivity contribution in [3.8, 4) is 0 Å². The minimum atomic E-state index is 0.603. The number of rotatable bonds is 2. The highest BCUT2D eigenvalue weighted by Gasteiger charge is 2.09. The summed E-state index contributed by atoms with van der Waals surface area (Å²) in [7, 11) is 0. The molecule has 106 valence electrons. The van der Waals surface area contributed by atoms with Crippen LogP contribution in [0.25, 0.3) is 10.8 Å². The molecule has 0 aliphatic heterocycles. The highest BCUT2D eigenvalue weighted by Crippen LogP contribution is 2.35. The first-order valence-corrected chi connectivity index (χ1v) is 7.17. The van der Waals surface area contributed by atoms with E-state index in [0.29, 0.717) is 15.7 Å². The molecule has 0 saturated carbocycles. The van der Waals surface area contributed by atoms with Crippen LogP contribution >= 0.6 is 23.2 Å². The van der Waals surface area contributed by atoms with Gasteiger partial charge in [-0.1, -0.05) is 29.3 Å². The van der Waals surface area contributed by atoms with E-state index >= 15 is 0 Å². The van der Waals surface area contributed by atoms with E-state index in [1.165, 1.54) is 0 Å². The van der Waals surface area contributed by atoms with Crippen LogP contribution in [0.15, 0.2) is 42.7 Å². The second-order valence-corrected chi connectivity index (χ2v) is 5.64. The van der Waals surface area contributed by atoms with Crippen LogP contribution in [-0.4, -0.2) is 4.98 Å². The number of halogens is 2. The fourth-order valence-corrected chi connectivity index (χ4v) is 2.62. The Morgan fingerprint density at radius 3 is 2.67 bits per heavy atom. The van der Waals surface area contributed by atoms with Gasteiger partial charge < -0.3 is 11.1 Å². The molecule has 1 heterocycles. The Balaban J connectivity index is 2.06. The zero-order valence-corrected chi connectivity index (χ0v) is 12.8. The largest absolute Gasteiger partial charge is 0.397 e. The van der Waals surface area contributed by atoms with E-state index in [4.69, 9.17) is 28.9 Å². The first kappa shape index (κ1) is 14.0. The number of nitrogens with two attached hydrogens (primary N) is 1. The summed E-state index contributed by atoms with van der Waals surface area (Å²) in [4.78, 5) is 4.09. The second-order valence-electron chi connectivity index (χ2n) is 4.83. The molecule has 0 amide bonds. The number of pyridine rings is 1. The van der Waals surface area contributed by atoms with Gasteiger partial charge in [-0.2, -0.15) is 0 Å². The van der Waals surface area contributed by atoms with Crippen LogP contribution < -0.4 is 11.1 Å². The number of aryl methyl sites for hydroxylation is 1. The topological polar surface area (TPSA) is 50.9 Å². The molecule has 3 rings (SSSR count). The van der Waals surface area contributed by atoms with Crippen molar-refractivity contribution in [1.29, 1.82) is 0 Å². The molecule has 0 radical (unpaired) electrons. The van der Waals surface area contributed by atoms with Gasteiger partial charge in [0.25, 0.3) is 0 Å². The number of hydrogen-bond acceptors (Lipinski definition) is 3. The maximum atomic E-state index is 6.25. The van der Waals surface area contributed by atoms with Gasteiger partial charge in [-0.25, -0.2) is 0 Å². The summed E-state index contributed by atoms with van der Waals surface area (Å²) in [5.74, 6) is 0. The van der Waals surface area contributed by atoms with Crippen molar-refractivity contribution < 1.29 is 0 Å². The average molecular weight is 318 g/mol. The van der Waals surface area contributed by atoms with Gasteiger partial charge in [-0.3, -0.25) is 4.98 Å². The lowest BCUT2D eigenvalue weighted by Crippen LogP contribution is -1.98. The Hall–Kier alpha value is -1.97. The van der Waals surface area contributed by atoms with Crippen molar-refractivity contribution in [2.24, 2.45) is 0 Å². The van der Waals surface area contributed by atoms with Crippen LogP contribution in [0.2, 0.25) is 10.0 Å². The van der Waals surface area contributed by atoms with Gasteiger partial charge in [0.05, 0.1) is 22.1 Å². The number of hydrogen-bond donors (Lipinski definition) is 2. The van der Waals surface area contributed by atoms with Crippen LogP contribution in [0.3, 0.4) is 0 Å². The summed E-state index contributed by atoms with van der Waals surface area (Å²) < 4.78 is 0. The molecule has 5 heteroatoms. The molecule has 3 N–H and O–H groups in total. The van der Waals surface area contributed by atoms with Crippen molar-refractivity contribution in [1.82, 2.24) is 4.98 Å². The standard InChI is InChI=1S/C16H13Cl2N3/c1-9-6-13(18)15(7-12(9)17)21-14-3-2-10-8-20-5-4-11(10)16(14)19/h2-8,21H,19H2,1H3. The van der Waals surface area contributed by atoms with E-state index in [-0.39, 0.29) is 0 Å². The van der Waals surface area contributed by atoms with Crippen molar-refractivity contribution in [2.75, 3.05) is 11.1 Å². The minimum absolute atomic E-state index is 0.603. The van der Waals surface area contributed by atoms with Gasteiger partial charge in [0.2, 0.25) is 0 Å². The quantitative estimate of drug-likeness (QED) is 0.640. The molecule has 0 saturated heterocycles. The predicted octanol–water partition coefficient (Wildman–Crippen LogP) is 5.18. The number of benzene rings is 2. The highest BCUT2D eigenvalue weighted by atomic mass is 35.5. The van der Waals surface area contributed by atoms with Crippen molar-refractivity contribution in [3.05, 3.63) is 58.3 Å². The van der Waals surface area contributed by atoms with Crippen molar-refractivity contribution in [3.63, 3.8) is 0 Å². The Morgan fingerprint density at radius 2 is 1.86 bits per heavy atom. The van der Waals surface area contributed by atoms with Gasteiger partial charge in [-0.15, -0.1) is 0 Å². The molecule has 3 aromatic rings. The van der Waals surface area contributed by atoms with E-state index in [1.807, 2.05) is 31.2 Å². The van der Waals surface area contributed by atoms with Gasteiger partial charge in [-0.05, 0) is 36.8 Å². The van der Waals surface area contributed by atoms with Gasteiger partial charge in [0.1, 0.15) is 0 Å². The van der Waals surface area contributed by atoms with Crippen LogP contribution in [-0.2, 0) is 0 Å². The van der Waals surface area contributed by atoms with Crippen LogP contribution in [0, 0.1) is 6.92 Å². The van der Waals surface area contributed by atoms with Gasteiger partial charge in [0, 0.05) is 28.2 Å². The molecule has 3 nitrogen and oxygen atoms in total. The van der Waals surface area contributed by atoms with Crippen LogP contribution in [0.5, 0.6) is 0 Å². The lowest BCUT2D eigenvalue weighted by atomic mass is 10.1. The molecule has 1 aromatic heterocycles. The first-order valence-electron chi connectivity index (χ1n) is 6.41. The Kier molecular flexibility index (Phi) is 3.62. The first-order chi connectivity index (χ1) is 10.1. The number of fused-ring (bicyclic) bond motifs is 1. The van der Waals surface area contributed by atoms with Gasteiger partial charge >= 0.3 is 0 Å². The maximum Gasteiger partial charge on any atom is 0.0644 e. The van der Waals surface area contributed by atoms with Crippen LogP contribution in [0.4, 0.5) is 17.1 Å². The lowest BCUT2D eigenvalue weighted by Gasteiger charge is -2.14. The molecule has 0 aliphatic rings. The monoisotopic (exact) mass is 317 g/mol. The molecular formula is C16H13Cl2N3. The number of nitrogens with one attached hydrogen (secondary N) is 1. The maximum absolute atomic E-state index is 6.25. The normalized spacial score (nSPS) is 10.8. The number of nitrogens with zero attached hydrogens (tertiary/aromatic N) is 1. The van der Waals surface area contributed by atoms with Crippen molar-refractivity contribution in [2.45, 2.75) is 6.92 Å². The van der Waals surface area contributed by atoms with E-state index < -0.39 is 0 Å². The summed E-state index contributed by atoms with van der Waals surface area (Å²) in [6.07, 6.45) is 3.50. The van der Waals surface area contributed by atoms with E-state index in [9.17, 15) is 0 Å². The van der Waals surface area contributed by atoms with Crippen LogP contribution in [0.1, 0.15) is 5.56 Å². The number of nitrogen functional groups attached to an aromatic ring is 1. The molecular weight excluding hydrogens is 305 g/mol. The van der Waals surface area contributed by atoms with E-state index in [0.717, 1.165) is 27.7 Å². The Morgan fingerprint density at radius 1 is 1.05 bits per heavy atom. The van der Waals surface area contributed by atoms with E-state index in [2.05, 4.69) is 10.3 Å². The summed E-state index contributed by atoms with van der Waals surface area (Å²) in [6, 6.07) is 9.39. The van der Waals surface area contributed by atoms with Gasteiger partial charge in [0.15, 0.2) is 0 Å². The molecule has 0 spiro atoms. The molecule has 0 unspecified atom stereocenters. The molecule has 0 fully saturated rings. The van der Waals surface area contributed by atoms with Crippen molar-refractivity contribution >= 4 is 51.0 Å². The third-order valence-electron chi connectivity index (χ3n) is 3.38. The molecule has 21 heavy (non-hydrogen) atoms. The minimum Gasteiger partial charge on any atom is -0.397 e. The fourth-order valence-electron chi connectivity index (χ4n) is 2.19. The molecule has 2 aromatic carbocycles. The fraction of sp³-hybridized carbons (Fsp3) is 0.0625. The average Bonchev–Trinajstić information content (AvgIpc) is 2.48. The summed E-state index contributed by atoms with van der Waals surface area (Å²) >= 11 is 12.4. The number of aromatic nitrogens is 1. The summed E-state index contributed by atoms with van der Waals surface area (Å²) in [6.45, 7) is 1.91. The zero-order valence-electron chi connectivity index (χ0n) is 11.3. The van der Waals surface area contributed by atoms with E-state index in [1.54, 1.807) is 18.5 Å². The third kappa shape index (κ3) is 2.62. The third-order valence-corrected chi connectivity index (χ3v) is 4.10. The molecule has 0 atom stereocenters. The number of anilines is 3. The molecule has 0 aliphatic carbocycles. The lowest BCUT2D eigenvalue weighted by molar-refractivity contribution is 1.36. The smallest absolute Gasteiger partial charge is 0.0644 e. The predicted molar refractivity (Wildman–Crippen MR) is 90.6 cm³/mol. The Labute approximate surface area is 132 Å². The highest BCUT2D eigenvalue weighted by molar-refractivity contribution is 6.36. The Bertz CT molecular complexity index is 831. The zero-order chi connectivity index (χ0) is 15.0. The SMILES string of the molecule is Cc1cc(Cl)c(Nc2ccc3cnccc3c2N)cc1Cl. The second kappa shape index (κ2) is 5.43.